The molecule has 0 unspecified atom stereocenters. The van der Waals surface area contributed by atoms with E-state index in [2.05, 4.69) is 10.3 Å². The van der Waals surface area contributed by atoms with E-state index >= 15 is 0 Å². The van der Waals surface area contributed by atoms with Gasteiger partial charge in [-0.05, 0) is 54.6 Å². The van der Waals surface area contributed by atoms with Crippen molar-refractivity contribution in [1.82, 2.24) is 14.7 Å². The van der Waals surface area contributed by atoms with Gasteiger partial charge in [0.15, 0.2) is 10.9 Å². The molecule has 1 aliphatic rings. The Morgan fingerprint density at radius 2 is 1.77 bits per heavy atom. The number of aromatic nitrogens is 2. The molecule has 0 bridgehead atoms. The number of nitrogens with zero attached hydrogens (tertiary/aromatic N) is 3. The summed E-state index contributed by atoms with van der Waals surface area (Å²) in [7, 11) is 3.41. The van der Waals surface area contributed by atoms with Crippen molar-refractivity contribution in [1.29, 1.82) is 0 Å². The second kappa shape index (κ2) is 8.08. The van der Waals surface area contributed by atoms with Crippen molar-refractivity contribution in [3.63, 3.8) is 0 Å². The maximum absolute atomic E-state index is 13.0. The van der Waals surface area contributed by atoms with Gasteiger partial charge < -0.3 is 10.1 Å². The number of amidine groups is 1. The Morgan fingerprint density at radius 1 is 1.07 bits per heavy atom. The Morgan fingerprint density at radius 3 is 2.43 bits per heavy atom. The molecule has 8 heteroatoms. The lowest BCUT2D eigenvalue weighted by molar-refractivity contribution is -0.115. The van der Waals surface area contributed by atoms with Crippen LogP contribution in [-0.4, -0.2) is 27.5 Å². The van der Waals surface area contributed by atoms with Gasteiger partial charge in [0.1, 0.15) is 5.75 Å². The van der Waals surface area contributed by atoms with Crippen LogP contribution in [0.4, 0.5) is 5.69 Å². The van der Waals surface area contributed by atoms with Crippen LogP contribution in [0, 0.1) is 6.92 Å². The van der Waals surface area contributed by atoms with E-state index in [1.54, 1.807) is 22.5 Å². The van der Waals surface area contributed by atoms with Crippen LogP contribution in [0.1, 0.15) is 11.3 Å². The van der Waals surface area contributed by atoms with E-state index in [1.807, 2.05) is 68.6 Å². The average Bonchev–Trinajstić information content (AvgIpc) is 3.20. The number of methoxy groups -OCH3 is 1. The van der Waals surface area contributed by atoms with E-state index < -0.39 is 0 Å². The van der Waals surface area contributed by atoms with Crippen LogP contribution in [0.15, 0.2) is 69.3 Å². The summed E-state index contributed by atoms with van der Waals surface area (Å²) in [6, 6.07) is 16.8. The number of hydrogen-bond acceptors (Lipinski definition) is 5. The fourth-order valence-electron chi connectivity index (χ4n) is 3.12. The Hall–Kier alpha value is -3.52. The van der Waals surface area contributed by atoms with Crippen molar-refractivity contribution in [3.8, 4) is 11.4 Å². The van der Waals surface area contributed by atoms with E-state index in [0.29, 0.717) is 21.5 Å². The van der Waals surface area contributed by atoms with Crippen molar-refractivity contribution in [2.45, 2.75) is 6.92 Å². The normalized spacial score (nSPS) is 16.3. The molecule has 0 atom stereocenters. The molecule has 152 valence electrons. The van der Waals surface area contributed by atoms with Gasteiger partial charge in [0, 0.05) is 7.05 Å². The summed E-state index contributed by atoms with van der Waals surface area (Å²) in [5, 5.41) is 3.12. The van der Waals surface area contributed by atoms with Crippen LogP contribution < -0.4 is 15.6 Å². The minimum Gasteiger partial charge on any atom is -0.497 e. The molecule has 1 aromatic heterocycles. The highest BCUT2D eigenvalue weighted by atomic mass is 32.2. The maximum atomic E-state index is 13.0. The Balaban J connectivity index is 1.66. The number of hydrogen-bond donors (Lipinski definition) is 1. The summed E-state index contributed by atoms with van der Waals surface area (Å²) in [4.78, 5) is 30.3. The number of carbonyl (C=O) groups is 1. The Labute approximate surface area is 177 Å². The van der Waals surface area contributed by atoms with Crippen LogP contribution in [0.5, 0.6) is 5.75 Å². The van der Waals surface area contributed by atoms with Crippen molar-refractivity contribution in [2.24, 2.45) is 12.0 Å². The quantitative estimate of drug-likeness (QED) is 0.657. The largest absolute Gasteiger partial charge is 0.497 e. The second-order valence-electron chi connectivity index (χ2n) is 6.67. The molecule has 2 heterocycles. The number of carbonyl (C=O) groups excluding carboxylic acids is 1. The van der Waals surface area contributed by atoms with Crippen molar-refractivity contribution < 1.29 is 9.53 Å². The monoisotopic (exact) mass is 420 g/mol. The number of rotatable bonds is 4. The lowest BCUT2D eigenvalue weighted by Crippen LogP contribution is -2.21. The minimum absolute atomic E-state index is 0.240. The topological polar surface area (TPSA) is 77.6 Å². The summed E-state index contributed by atoms with van der Waals surface area (Å²) < 4.78 is 8.47. The first-order chi connectivity index (χ1) is 14.5. The summed E-state index contributed by atoms with van der Waals surface area (Å²) in [6.45, 7) is 1.83. The number of nitrogens with one attached hydrogen (secondary N) is 1. The van der Waals surface area contributed by atoms with Gasteiger partial charge in [-0.2, -0.15) is 0 Å². The minimum atomic E-state index is -0.244. The number of benzene rings is 2. The molecule has 0 aliphatic carbocycles. The molecule has 1 N–H and O–H groups in total. The highest BCUT2D eigenvalue weighted by Crippen LogP contribution is 2.28. The fourth-order valence-corrected chi connectivity index (χ4v) is 3.94. The third-order valence-corrected chi connectivity index (χ3v) is 5.71. The number of thioether (sulfide) groups is 1. The summed E-state index contributed by atoms with van der Waals surface area (Å²) in [5.74, 6) is 0.503. The maximum Gasteiger partial charge on any atom is 0.297 e. The van der Waals surface area contributed by atoms with Gasteiger partial charge in [-0.3, -0.25) is 14.3 Å². The van der Waals surface area contributed by atoms with Crippen molar-refractivity contribution in [3.05, 3.63) is 81.1 Å². The lowest BCUT2D eigenvalue weighted by atomic mass is 10.2. The molecule has 3 aromatic rings. The number of amides is 1. The first-order valence-electron chi connectivity index (χ1n) is 9.25. The zero-order valence-corrected chi connectivity index (χ0v) is 17.6. The van der Waals surface area contributed by atoms with Gasteiger partial charge in [-0.15, -0.1) is 0 Å². The third kappa shape index (κ3) is 3.69. The van der Waals surface area contributed by atoms with Gasteiger partial charge in [0.25, 0.3) is 11.5 Å². The zero-order chi connectivity index (χ0) is 21.3. The Bertz CT molecular complexity index is 1220. The fraction of sp³-hybridized carbons (Fsp3) is 0.136. The Kier molecular flexibility index (Phi) is 5.33. The first-order valence-corrected chi connectivity index (χ1v) is 10.1. The van der Waals surface area contributed by atoms with Gasteiger partial charge >= 0.3 is 0 Å². The van der Waals surface area contributed by atoms with Crippen LogP contribution in [0.25, 0.3) is 11.8 Å². The molecular weight excluding hydrogens is 400 g/mol. The van der Waals surface area contributed by atoms with Crippen LogP contribution in [-0.2, 0) is 11.8 Å². The number of ether oxygens (including phenoxy) is 1. The van der Waals surface area contributed by atoms with Crippen LogP contribution in [0.3, 0.4) is 0 Å². The molecule has 1 amide bonds. The van der Waals surface area contributed by atoms with Gasteiger partial charge in [0.2, 0.25) is 0 Å². The van der Waals surface area contributed by atoms with Gasteiger partial charge in [-0.1, -0.05) is 30.3 Å². The van der Waals surface area contributed by atoms with Gasteiger partial charge in [-0.25, -0.2) is 9.67 Å². The van der Waals surface area contributed by atoms with E-state index in [1.165, 1.54) is 11.8 Å². The molecule has 30 heavy (non-hydrogen) atoms. The molecule has 0 radical (unpaired) electrons. The van der Waals surface area contributed by atoms with Gasteiger partial charge in [0.05, 0.1) is 23.4 Å². The molecule has 7 nitrogen and oxygen atoms in total. The molecule has 0 spiro atoms. The molecule has 1 fully saturated rings. The van der Waals surface area contributed by atoms with E-state index in [0.717, 1.165) is 17.0 Å². The first kappa shape index (κ1) is 19.8. The second-order valence-corrected chi connectivity index (χ2v) is 7.70. The molecule has 1 aliphatic heterocycles. The molecule has 4 rings (SSSR count). The SMILES string of the molecule is COc1ccc(/C=C2\SC(=Nc3c(C)n(C)n(-c4ccccc4)c3=O)NC2=O)cc1. The third-order valence-electron chi connectivity index (χ3n) is 4.80. The van der Waals surface area contributed by atoms with Crippen LogP contribution >= 0.6 is 11.8 Å². The predicted octanol–water partition coefficient (Wildman–Crippen LogP) is 3.38. The summed E-state index contributed by atoms with van der Waals surface area (Å²) in [5.41, 5.74) is 2.39. The highest BCUT2D eigenvalue weighted by molar-refractivity contribution is 8.18. The lowest BCUT2D eigenvalue weighted by Gasteiger charge is -2.07. The zero-order valence-electron chi connectivity index (χ0n) is 16.7. The van der Waals surface area contributed by atoms with E-state index in [9.17, 15) is 9.59 Å². The molecule has 2 aromatic carbocycles. The number of aliphatic imine (C=N–C) groups is 1. The average molecular weight is 420 g/mol. The smallest absolute Gasteiger partial charge is 0.297 e. The molecular formula is C22H20N4O3S. The molecule has 0 saturated carbocycles. The van der Waals surface area contributed by atoms with Crippen molar-refractivity contribution >= 4 is 34.6 Å². The van der Waals surface area contributed by atoms with Crippen molar-refractivity contribution in [2.75, 3.05) is 7.11 Å². The molecule has 1 saturated heterocycles. The highest BCUT2D eigenvalue weighted by Gasteiger charge is 2.25. The predicted molar refractivity (Wildman–Crippen MR) is 120 cm³/mol. The summed E-state index contributed by atoms with van der Waals surface area (Å²) in [6.07, 6.45) is 1.78. The number of para-hydroxylation sites is 1. The van der Waals surface area contributed by atoms with Crippen LogP contribution in [0.2, 0.25) is 0 Å². The van der Waals surface area contributed by atoms with E-state index in [4.69, 9.17) is 4.74 Å². The standard InChI is InChI=1S/C22H20N4O3S/c1-14-19(21(28)26(25(14)2)16-7-5-4-6-8-16)23-22-24-20(27)18(30-22)13-15-9-11-17(29-3)12-10-15/h4-13H,1-3H3,(H,23,24,27)/b18-13-. The summed E-state index contributed by atoms with van der Waals surface area (Å²) >= 11 is 1.21. The van der Waals surface area contributed by atoms with E-state index in [-0.39, 0.29) is 11.5 Å².